The topological polar surface area (TPSA) is 93.7 Å². The van der Waals surface area contributed by atoms with E-state index in [9.17, 15) is 14.4 Å². The minimum atomic E-state index is -1.06. The number of rotatable bonds is 9. The third-order valence-electron chi connectivity index (χ3n) is 5.03. The number of hydrogen-bond donors (Lipinski definition) is 2. The second kappa shape index (κ2) is 10.4. The Morgan fingerprint density at radius 2 is 1.71 bits per heavy atom. The highest BCUT2D eigenvalue weighted by Crippen LogP contribution is 2.21. The lowest BCUT2D eigenvalue weighted by molar-refractivity contribution is -0.151. The van der Waals surface area contributed by atoms with Gasteiger partial charge in [0.15, 0.2) is 18.3 Å². The summed E-state index contributed by atoms with van der Waals surface area (Å²) >= 11 is 0. The molecule has 2 aromatic carbocycles. The van der Waals surface area contributed by atoms with Crippen molar-refractivity contribution >= 4 is 23.3 Å². The number of carbonyl (C=O) groups excluding carboxylic acids is 3. The average Bonchev–Trinajstić information content (AvgIpc) is 3.15. The van der Waals surface area contributed by atoms with Gasteiger partial charge in [0, 0.05) is 18.2 Å². The quantitative estimate of drug-likeness (QED) is 0.476. The number of amides is 1. The largest absolute Gasteiger partial charge is 0.470 e. The zero-order chi connectivity index (χ0) is 22.2. The van der Waals surface area contributed by atoms with Crippen LogP contribution >= 0.6 is 0 Å². The first-order chi connectivity index (χ1) is 15.0. The molecule has 162 valence electrons. The van der Waals surface area contributed by atoms with Crippen LogP contribution in [0.3, 0.4) is 0 Å². The van der Waals surface area contributed by atoms with Gasteiger partial charge >= 0.3 is 5.97 Å². The Kier molecular flexibility index (Phi) is 7.43. The molecule has 2 atom stereocenters. The summed E-state index contributed by atoms with van der Waals surface area (Å²) < 4.78 is 10.6. The first-order valence-corrected chi connectivity index (χ1v) is 10.3. The predicted molar refractivity (Wildman–Crippen MR) is 116 cm³/mol. The number of anilines is 1. The van der Waals surface area contributed by atoms with E-state index in [1.54, 1.807) is 12.1 Å². The van der Waals surface area contributed by atoms with Crippen molar-refractivity contribution in [1.29, 1.82) is 0 Å². The van der Waals surface area contributed by atoms with Crippen molar-refractivity contribution in [2.75, 3.05) is 18.5 Å². The Morgan fingerprint density at radius 3 is 2.35 bits per heavy atom. The van der Waals surface area contributed by atoms with Gasteiger partial charge in [-0.25, -0.2) is 4.79 Å². The molecule has 0 unspecified atom stereocenters. The Morgan fingerprint density at radius 1 is 1.06 bits per heavy atom. The zero-order valence-corrected chi connectivity index (χ0v) is 17.6. The van der Waals surface area contributed by atoms with Gasteiger partial charge in [-0.1, -0.05) is 55.5 Å². The van der Waals surface area contributed by atoms with Crippen molar-refractivity contribution in [3.63, 3.8) is 0 Å². The second-order valence-electron chi connectivity index (χ2n) is 7.22. The molecule has 0 saturated carbocycles. The van der Waals surface area contributed by atoms with Gasteiger partial charge in [-0.05, 0) is 31.0 Å². The van der Waals surface area contributed by atoms with Crippen molar-refractivity contribution in [3.8, 4) is 0 Å². The SMILES string of the molecule is CC[C@@H](CNC(=O)[C@H](C)OC(=O)C1=C(Nc2ccccc2)OCC1=O)c1ccccc1. The smallest absolute Gasteiger partial charge is 0.348 e. The summed E-state index contributed by atoms with van der Waals surface area (Å²) in [4.78, 5) is 37.2. The fourth-order valence-corrected chi connectivity index (χ4v) is 3.23. The lowest BCUT2D eigenvalue weighted by Crippen LogP contribution is -2.38. The number of hydrogen-bond acceptors (Lipinski definition) is 6. The first kappa shape index (κ1) is 22.1. The van der Waals surface area contributed by atoms with E-state index < -0.39 is 23.8 Å². The molecular formula is C24H26N2O5. The monoisotopic (exact) mass is 422 g/mol. The van der Waals surface area contributed by atoms with Gasteiger partial charge in [0.1, 0.15) is 0 Å². The number of ether oxygens (including phenoxy) is 2. The van der Waals surface area contributed by atoms with Gasteiger partial charge in [0.2, 0.25) is 11.7 Å². The van der Waals surface area contributed by atoms with Crippen LogP contribution in [0.5, 0.6) is 0 Å². The molecule has 31 heavy (non-hydrogen) atoms. The molecule has 0 radical (unpaired) electrons. The Bertz CT molecular complexity index is 956. The molecule has 1 heterocycles. The van der Waals surface area contributed by atoms with E-state index in [1.165, 1.54) is 6.92 Å². The molecule has 0 saturated heterocycles. The summed E-state index contributed by atoms with van der Waals surface area (Å²) in [6.07, 6.45) is -0.203. The maximum absolute atomic E-state index is 12.6. The summed E-state index contributed by atoms with van der Waals surface area (Å²) in [7, 11) is 0. The Balaban J connectivity index is 1.60. The van der Waals surface area contributed by atoms with E-state index in [4.69, 9.17) is 9.47 Å². The second-order valence-corrected chi connectivity index (χ2v) is 7.22. The van der Waals surface area contributed by atoms with Crippen LogP contribution in [0.2, 0.25) is 0 Å². The van der Waals surface area contributed by atoms with E-state index in [1.807, 2.05) is 55.5 Å². The molecule has 7 heteroatoms. The molecule has 1 amide bonds. The number of para-hydroxylation sites is 1. The van der Waals surface area contributed by atoms with Crippen molar-refractivity contribution in [1.82, 2.24) is 5.32 Å². The van der Waals surface area contributed by atoms with Gasteiger partial charge in [0.05, 0.1) is 0 Å². The van der Waals surface area contributed by atoms with Crippen LogP contribution in [-0.2, 0) is 23.9 Å². The highest BCUT2D eigenvalue weighted by molar-refractivity contribution is 6.20. The van der Waals surface area contributed by atoms with E-state index in [0.717, 1.165) is 12.0 Å². The number of carbonyl (C=O) groups is 3. The zero-order valence-electron chi connectivity index (χ0n) is 17.6. The molecule has 0 spiro atoms. The highest BCUT2D eigenvalue weighted by atomic mass is 16.6. The van der Waals surface area contributed by atoms with Crippen LogP contribution in [0.25, 0.3) is 0 Å². The van der Waals surface area contributed by atoms with Crippen molar-refractivity contribution in [3.05, 3.63) is 77.7 Å². The third kappa shape index (κ3) is 5.72. The van der Waals surface area contributed by atoms with E-state index in [2.05, 4.69) is 10.6 Å². The minimum absolute atomic E-state index is 0.0314. The molecule has 7 nitrogen and oxygen atoms in total. The lowest BCUT2D eigenvalue weighted by Gasteiger charge is -2.18. The fraction of sp³-hybridized carbons (Fsp3) is 0.292. The van der Waals surface area contributed by atoms with Crippen molar-refractivity contribution in [2.24, 2.45) is 0 Å². The molecule has 0 fully saturated rings. The van der Waals surface area contributed by atoms with Crippen LogP contribution in [0, 0.1) is 0 Å². The normalized spacial score (nSPS) is 15.1. The average molecular weight is 422 g/mol. The fourth-order valence-electron chi connectivity index (χ4n) is 3.23. The number of nitrogens with one attached hydrogen (secondary N) is 2. The molecule has 2 N–H and O–H groups in total. The summed E-state index contributed by atoms with van der Waals surface area (Å²) in [6.45, 7) is 3.69. The van der Waals surface area contributed by atoms with Gasteiger partial charge < -0.3 is 20.1 Å². The van der Waals surface area contributed by atoms with Crippen LogP contribution in [0.15, 0.2) is 72.1 Å². The Labute approximate surface area is 181 Å². The van der Waals surface area contributed by atoms with E-state index in [0.29, 0.717) is 12.2 Å². The number of esters is 1. The van der Waals surface area contributed by atoms with E-state index >= 15 is 0 Å². The summed E-state index contributed by atoms with van der Waals surface area (Å²) in [6, 6.07) is 18.9. The third-order valence-corrected chi connectivity index (χ3v) is 5.03. The molecule has 2 aromatic rings. The number of benzene rings is 2. The Hall–Kier alpha value is -3.61. The predicted octanol–water partition coefficient (Wildman–Crippen LogP) is 3.15. The highest BCUT2D eigenvalue weighted by Gasteiger charge is 2.34. The maximum atomic E-state index is 12.6. The van der Waals surface area contributed by atoms with E-state index in [-0.39, 0.29) is 24.0 Å². The lowest BCUT2D eigenvalue weighted by atomic mass is 9.96. The molecule has 1 aliphatic heterocycles. The van der Waals surface area contributed by atoms with Gasteiger partial charge in [-0.3, -0.25) is 9.59 Å². The number of ketones is 1. The summed E-state index contributed by atoms with van der Waals surface area (Å²) in [5.74, 6) is -1.62. The molecular weight excluding hydrogens is 396 g/mol. The van der Waals surface area contributed by atoms with Crippen molar-refractivity contribution in [2.45, 2.75) is 32.3 Å². The van der Waals surface area contributed by atoms with Gasteiger partial charge in [-0.15, -0.1) is 0 Å². The maximum Gasteiger partial charge on any atom is 0.348 e. The summed E-state index contributed by atoms with van der Waals surface area (Å²) in [5, 5.41) is 5.73. The van der Waals surface area contributed by atoms with Crippen molar-refractivity contribution < 1.29 is 23.9 Å². The minimum Gasteiger partial charge on any atom is -0.470 e. The van der Waals surface area contributed by atoms with Crippen LogP contribution in [-0.4, -0.2) is 36.9 Å². The molecule has 1 aliphatic rings. The molecule has 0 aliphatic carbocycles. The van der Waals surface area contributed by atoms with Crippen LogP contribution < -0.4 is 10.6 Å². The first-order valence-electron chi connectivity index (χ1n) is 10.3. The van der Waals surface area contributed by atoms with Gasteiger partial charge in [-0.2, -0.15) is 0 Å². The molecule has 0 aromatic heterocycles. The number of Topliss-reactive ketones (excluding diaryl/α,β-unsaturated/α-hetero) is 1. The van der Waals surface area contributed by atoms with Gasteiger partial charge in [0.25, 0.3) is 5.91 Å². The summed E-state index contributed by atoms with van der Waals surface area (Å²) in [5.41, 5.74) is 1.57. The van der Waals surface area contributed by atoms with Crippen LogP contribution in [0.1, 0.15) is 31.7 Å². The molecule has 3 rings (SSSR count). The standard InChI is InChI=1S/C24H26N2O5/c1-3-17(18-10-6-4-7-11-18)14-25-22(28)16(2)31-24(29)21-20(27)15-30-23(21)26-19-12-8-5-9-13-19/h4-13,16-17,26H,3,14-15H2,1-2H3,(H,25,28)/t16-,17-/m0/s1. The van der Waals surface area contributed by atoms with Crippen LogP contribution in [0.4, 0.5) is 5.69 Å². The molecule has 0 bridgehead atoms.